The summed E-state index contributed by atoms with van der Waals surface area (Å²) in [6.07, 6.45) is 4.32. The first-order valence-electron chi connectivity index (χ1n) is 3.86. The molecular formula is C11H12O. The van der Waals surface area contributed by atoms with Crippen LogP contribution in [0.3, 0.4) is 0 Å². The summed E-state index contributed by atoms with van der Waals surface area (Å²) in [6, 6.07) is 5.73. The minimum Gasteiger partial charge on any atom is -0.376 e. The van der Waals surface area contributed by atoms with Crippen molar-refractivity contribution in [2.24, 2.45) is 0 Å². The van der Waals surface area contributed by atoms with Crippen LogP contribution in [0.2, 0.25) is 0 Å². The van der Waals surface area contributed by atoms with E-state index in [4.69, 9.17) is 6.42 Å². The molecule has 0 amide bonds. The SMILES string of the molecule is C#CC(O)c1ccc(C)c(C)c1. The molecule has 0 aliphatic heterocycles. The fourth-order valence-corrected chi connectivity index (χ4v) is 1.03. The van der Waals surface area contributed by atoms with Gasteiger partial charge >= 0.3 is 0 Å². The number of hydrogen-bond donors (Lipinski definition) is 1. The molecule has 1 rings (SSSR count). The average Bonchev–Trinajstić information content (AvgIpc) is 2.08. The Morgan fingerprint density at radius 3 is 2.50 bits per heavy atom. The van der Waals surface area contributed by atoms with Crippen molar-refractivity contribution >= 4 is 0 Å². The van der Waals surface area contributed by atoms with Gasteiger partial charge in [0.2, 0.25) is 0 Å². The van der Waals surface area contributed by atoms with Gasteiger partial charge in [-0.05, 0) is 30.5 Å². The van der Waals surface area contributed by atoms with E-state index < -0.39 is 6.10 Å². The summed E-state index contributed by atoms with van der Waals surface area (Å²) in [7, 11) is 0. The Labute approximate surface area is 73.0 Å². The molecule has 0 bridgehead atoms. The lowest BCUT2D eigenvalue weighted by atomic mass is 10.0. The molecule has 1 heteroatoms. The Balaban J connectivity index is 3.06. The highest BCUT2D eigenvalue weighted by atomic mass is 16.3. The van der Waals surface area contributed by atoms with Crippen molar-refractivity contribution in [3.8, 4) is 12.3 Å². The first-order chi connectivity index (χ1) is 5.65. The molecule has 1 nitrogen and oxygen atoms in total. The monoisotopic (exact) mass is 160 g/mol. The third-order valence-corrected chi connectivity index (χ3v) is 2.00. The van der Waals surface area contributed by atoms with Crippen LogP contribution in [-0.2, 0) is 0 Å². The van der Waals surface area contributed by atoms with Gasteiger partial charge in [-0.25, -0.2) is 0 Å². The van der Waals surface area contributed by atoms with Gasteiger partial charge in [0.05, 0.1) is 0 Å². The van der Waals surface area contributed by atoms with Gasteiger partial charge in [-0.3, -0.25) is 0 Å². The van der Waals surface area contributed by atoms with E-state index in [1.807, 2.05) is 32.0 Å². The average molecular weight is 160 g/mol. The second-order valence-electron chi connectivity index (χ2n) is 2.91. The highest BCUT2D eigenvalue weighted by Gasteiger charge is 2.03. The van der Waals surface area contributed by atoms with Gasteiger partial charge in [-0.1, -0.05) is 24.1 Å². The van der Waals surface area contributed by atoms with Crippen LogP contribution in [0.1, 0.15) is 22.8 Å². The predicted octanol–water partition coefficient (Wildman–Crippen LogP) is 1.97. The summed E-state index contributed by atoms with van der Waals surface area (Å²) >= 11 is 0. The number of rotatable bonds is 1. The van der Waals surface area contributed by atoms with E-state index in [2.05, 4.69) is 5.92 Å². The fourth-order valence-electron chi connectivity index (χ4n) is 1.03. The molecule has 62 valence electrons. The van der Waals surface area contributed by atoms with Crippen LogP contribution < -0.4 is 0 Å². The smallest absolute Gasteiger partial charge is 0.139 e. The van der Waals surface area contributed by atoms with Gasteiger partial charge in [0, 0.05) is 0 Å². The van der Waals surface area contributed by atoms with E-state index in [1.165, 1.54) is 5.56 Å². The van der Waals surface area contributed by atoms with Crippen LogP contribution in [0.15, 0.2) is 18.2 Å². The second kappa shape index (κ2) is 3.42. The molecule has 0 saturated carbocycles. The maximum atomic E-state index is 9.31. The Morgan fingerprint density at radius 1 is 1.33 bits per heavy atom. The summed E-state index contributed by atoms with van der Waals surface area (Å²) in [5, 5.41) is 9.31. The normalized spacial score (nSPS) is 12.2. The third-order valence-electron chi connectivity index (χ3n) is 2.00. The molecule has 0 aliphatic carbocycles. The maximum absolute atomic E-state index is 9.31. The first kappa shape index (κ1) is 8.83. The van der Waals surface area contributed by atoms with Crippen LogP contribution in [0, 0.1) is 26.2 Å². The van der Waals surface area contributed by atoms with Crippen LogP contribution in [-0.4, -0.2) is 5.11 Å². The Kier molecular flexibility index (Phi) is 2.52. The van der Waals surface area contributed by atoms with E-state index in [0.29, 0.717) is 0 Å². The van der Waals surface area contributed by atoms with Gasteiger partial charge < -0.3 is 5.11 Å². The third kappa shape index (κ3) is 1.66. The summed E-state index contributed by atoms with van der Waals surface area (Å²) in [4.78, 5) is 0. The molecular weight excluding hydrogens is 148 g/mol. The first-order valence-corrected chi connectivity index (χ1v) is 3.86. The van der Waals surface area contributed by atoms with Crippen molar-refractivity contribution in [1.82, 2.24) is 0 Å². The van der Waals surface area contributed by atoms with E-state index in [9.17, 15) is 5.11 Å². The minimum absolute atomic E-state index is 0.774. The summed E-state index contributed by atoms with van der Waals surface area (Å²) in [5.41, 5.74) is 3.16. The molecule has 0 spiro atoms. The van der Waals surface area contributed by atoms with E-state index in [1.54, 1.807) is 0 Å². The number of hydrogen-bond acceptors (Lipinski definition) is 1. The number of aliphatic hydroxyl groups is 1. The summed E-state index contributed by atoms with van der Waals surface area (Å²) < 4.78 is 0. The van der Waals surface area contributed by atoms with Crippen molar-refractivity contribution in [2.75, 3.05) is 0 Å². The lowest BCUT2D eigenvalue weighted by Gasteiger charge is -2.06. The summed E-state index contributed by atoms with van der Waals surface area (Å²) in [5.74, 6) is 2.28. The van der Waals surface area contributed by atoms with Crippen LogP contribution in [0.4, 0.5) is 0 Å². The van der Waals surface area contributed by atoms with E-state index >= 15 is 0 Å². The Morgan fingerprint density at radius 2 is 2.00 bits per heavy atom. The molecule has 1 N–H and O–H groups in total. The minimum atomic E-state index is -0.774. The molecule has 0 radical (unpaired) electrons. The van der Waals surface area contributed by atoms with Crippen molar-refractivity contribution in [3.05, 3.63) is 34.9 Å². The van der Waals surface area contributed by atoms with Gasteiger partial charge in [0.1, 0.15) is 6.10 Å². The zero-order chi connectivity index (χ0) is 9.14. The van der Waals surface area contributed by atoms with Crippen LogP contribution in [0.5, 0.6) is 0 Å². The molecule has 1 aromatic rings. The van der Waals surface area contributed by atoms with Crippen LogP contribution >= 0.6 is 0 Å². The molecule has 0 aliphatic rings. The topological polar surface area (TPSA) is 20.2 Å². The molecule has 0 fully saturated rings. The number of terminal acetylenes is 1. The lowest BCUT2D eigenvalue weighted by Crippen LogP contribution is -1.94. The summed E-state index contributed by atoms with van der Waals surface area (Å²) in [6.45, 7) is 4.03. The molecule has 0 heterocycles. The lowest BCUT2D eigenvalue weighted by molar-refractivity contribution is 0.238. The van der Waals surface area contributed by atoms with Gasteiger partial charge in [-0.15, -0.1) is 6.42 Å². The second-order valence-corrected chi connectivity index (χ2v) is 2.91. The quantitative estimate of drug-likeness (QED) is 0.623. The zero-order valence-corrected chi connectivity index (χ0v) is 7.33. The molecule has 0 saturated heterocycles. The van der Waals surface area contributed by atoms with Gasteiger partial charge in [-0.2, -0.15) is 0 Å². The van der Waals surface area contributed by atoms with Gasteiger partial charge in [0.15, 0.2) is 0 Å². The van der Waals surface area contributed by atoms with E-state index in [0.717, 1.165) is 11.1 Å². The van der Waals surface area contributed by atoms with Crippen molar-refractivity contribution in [1.29, 1.82) is 0 Å². The molecule has 12 heavy (non-hydrogen) atoms. The Bertz CT molecular complexity index is 320. The van der Waals surface area contributed by atoms with Crippen molar-refractivity contribution in [3.63, 3.8) is 0 Å². The molecule has 0 aromatic heterocycles. The predicted molar refractivity (Wildman–Crippen MR) is 49.7 cm³/mol. The largest absolute Gasteiger partial charge is 0.376 e. The number of benzene rings is 1. The van der Waals surface area contributed by atoms with E-state index in [-0.39, 0.29) is 0 Å². The standard InChI is InChI=1S/C11H12O/c1-4-11(12)10-6-5-8(2)9(3)7-10/h1,5-7,11-12H,2-3H3. The van der Waals surface area contributed by atoms with Crippen LogP contribution in [0.25, 0.3) is 0 Å². The highest BCUT2D eigenvalue weighted by molar-refractivity contribution is 5.33. The number of aliphatic hydroxyl groups excluding tert-OH is 1. The highest BCUT2D eigenvalue weighted by Crippen LogP contribution is 2.15. The molecule has 1 atom stereocenters. The number of aryl methyl sites for hydroxylation is 2. The molecule has 1 aromatic carbocycles. The van der Waals surface area contributed by atoms with Crippen molar-refractivity contribution < 1.29 is 5.11 Å². The molecule has 1 unspecified atom stereocenters. The fraction of sp³-hybridized carbons (Fsp3) is 0.273. The Hall–Kier alpha value is -1.26. The van der Waals surface area contributed by atoms with Crippen molar-refractivity contribution in [2.45, 2.75) is 20.0 Å². The zero-order valence-electron chi connectivity index (χ0n) is 7.33. The maximum Gasteiger partial charge on any atom is 0.139 e. The van der Waals surface area contributed by atoms with Gasteiger partial charge in [0.25, 0.3) is 0 Å².